The summed E-state index contributed by atoms with van der Waals surface area (Å²) in [5.41, 5.74) is -0.109. The first-order valence-corrected chi connectivity index (χ1v) is 6.15. The molecular weight excluding hydrogens is 204 g/mol. The molecule has 0 spiro atoms. The SMILES string of the molecule is CC(CC(O)C(C)CO)CC(O)C(C)(C)C. The molecule has 3 nitrogen and oxygen atoms in total. The van der Waals surface area contributed by atoms with E-state index in [4.69, 9.17) is 5.11 Å². The molecule has 0 radical (unpaired) electrons. The van der Waals surface area contributed by atoms with Crippen molar-refractivity contribution in [3.63, 3.8) is 0 Å². The van der Waals surface area contributed by atoms with Gasteiger partial charge in [0, 0.05) is 12.5 Å². The van der Waals surface area contributed by atoms with E-state index in [1.54, 1.807) is 0 Å². The molecule has 0 aliphatic carbocycles. The molecule has 0 fully saturated rings. The zero-order valence-corrected chi connectivity index (χ0v) is 11.3. The van der Waals surface area contributed by atoms with E-state index in [0.29, 0.717) is 12.8 Å². The number of hydrogen-bond donors (Lipinski definition) is 3. The normalized spacial score (nSPS) is 20.2. The van der Waals surface area contributed by atoms with Crippen LogP contribution < -0.4 is 0 Å². The van der Waals surface area contributed by atoms with Gasteiger partial charge in [0.15, 0.2) is 0 Å². The van der Waals surface area contributed by atoms with E-state index in [9.17, 15) is 10.2 Å². The fourth-order valence-corrected chi connectivity index (χ4v) is 1.60. The fraction of sp³-hybridized carbons (Fsp3) is 1.00. The van der Waals surface area contributed by atoms with Crippen molar-refractivity contribution >= 4 is 0 Å². The van der Waals surface area contributed by atoms with Crippen molar-refractivity contribution in [2.45, 2.75) is 59.7 Å². The molecule has 0 aromatic rings. The molecule has 0 rings (SSSR count). The minimum Gasteiger partial charge on any atom is -0.396 e. The smallest absolute Gasteiger partial charge is 0.0591 e. The van der Waals surface area contributed by atoms with Crippen LogP contribution in [0.15, 0.2) is 0 Å². The monoisotopic (exact) mass is 232 g/mol. The number of aliphatic hydroxyl groups excluding tert-OH is 3. The van der Waals surface area contributed by atoms with E-state index in [1.807, 2.05) is 34.6 Å². The molecule has 0 aromatic carbocycles. The Labute approximate surface area is 99.5 Å². The largest absolute Gasteiger partial charge is 0.396 e. The molecule has 4 unspecified atom stereocenters. The van der Waals surface area contributed by atoms with Crippen LogP contribution in [-0.4, -0.2) is 34.1 Å². The average Bonchev–Trinajstić information content (AvgIpc) is 2.14. The van der Waals surface area contributed by atoms with Gasteiger partial charge >= 0.3 is 0 Å². The molecular formula is C13H28O3. The van der Waals surface area contributed by atoms with Gasteiger partial charge in [0.25, 0.3) is 0 Å². The Bertz CT molecular complexity index is 186. The third kappa shape index (κ3) is 5.83. The summed E-state index contributed by atoms with van der Waals surface area (Å²) in [6.45, 7) is 9.90. The summed E-state index contributed by atoms with van der Waals surface area (Å²) in [4.78, 5) is 0. The van der Waals surface area contributed by atoms with E-state index in [2.05, 4.69) is 0 Å². The van der Waals surface area contributed by atoms with Gasteiger partial charge in [-0.2, -0.15) is 0 Å². The van der Waals surface area contributed by atoms with Crippen molar-refractivity contribution < 1.29 is 15.3 Å². The molecule has 0 amide bonds. The van der Waals surface area contributed by atoms with Gasteiger partial charge in [-0.3, -0.25) is 0 Å². The molecule has 16 heavy (non-hydrogen) atoms. The molecule has 98 valence electrons. The number of hydrogen-bond acceptors (Lipinski definition) is 3. The zero-order valence-electron chi connectivity index (χ0n) is 11.3. The van der Waals surface area contributed by atoms with Gasteiger partial charge in [0.1, 0.15) is 0 Å². The molecule has 0 aliphatic heterocycles. The zero-order chi connectivity index (χ0) is 12.9. The third-order valence-corrected chi connectivity index (χ3v) is 3.21. The molecule has 3 heteroatoms. The average molecular weight is 232 g/mol. The molecule has 3 N–H and O–H groups in total. The van der Waals surface area contributed by atoms with Crippen molar-refractivity contribution in [2.24, 2.45) is 17.3 Å². The van der Waals surface area contributed by atoms with Gasteiger partial charge in [0.05, 0.1) is 12.2 Å². The summed E-state index contributed by atoms with van der Waals surface area (Å²) in [7, 11) is 0. The predicted octanol–water partition coefficient (Wildman–Crippen LogP) is 1.80. The standard InChI is InChI=1S/C13H28O3/c1-9(6-11(15)10(2)8-14)7-12(16)13(3,4)5/h9-12,14-16H,6-8H2,1-5H3. The minimum atomic E-state index is -0.479. The van der Waals surface area contributed by atoms with Crippen LogP contribution in [0.2, 0.25) is 0 Å². The molecule has 0 bridgehead atoms. The Morgan fingerprint density at radius 1 is 1.00 bits per heavy atom. The van der Waals surface area contributed by atoms with Crippen molar-refractivity contribution in [3.8, 4) is 0 Å². The van der Waals surface area contributed by atoms with Crippen LogP contribution in [0, 0.1) is 17.3 Å². The van der Waals surface area contributed by atoms with Crippen molar-refractivity contribution in [2.75, 3.05) is 6.61 Å². The van der Waals surface area contributed by atoms with Crippen LogP contribution >= 0.6 is 0 Å². The fourth-order valence-electron chi connectivity index (χ4n) is 1.60. The number of rotatable bonds is 6. The van der Waals surface area contributed by atoms with Crippen LogP contribution in [0.4, 0.5) is 0 Å². The highest BCUT2D eigenvalue weighted by Crippen LogP contribution is 2.26. The molecule has 4 atom stereocenters. The Balaban J connectivity index is 4.04. The lowest BCUT2D eigenvalue weighted by Crippen LogP contribution is -2.30. The van der Waals surface area contributed by atoms with Gasteiger partial charge in [-0.1, -0.05) is 34.6 Å². The van der Waals surface area contributed by atoms with Crippen LogP contribution in [0.5, 0.6) is 0 Å². The molecule has 0 aliphatic rings. The maximum Gasteiger partial charge on any atom is 0.0591 e. The summed E-state index contributed by atoms with van der Waals surface area (Å²) < 4.78 is 0. The maximum absolute atomic E-state index is 9.93. The quantitative estimate of drug-likeness (QED) is 0.654. The van der Waals surface area contributed by atoms with Crippen LogP contribution in [0.25, 0.3) is 0 Å². The van der Waals surface area contributed by atoms with E-state index >= 15 is 0 Å². The van der Waals surface area contributed by atoms with Gasteiger partial charge < -0.3 is 15.3 Å². The molecule has 0 saturated heterocycles. The first-order valence-electron chi connectivity index (χ1n) is 6.15. The topological polar surface area (TPSA) is 60.7 Å². The lowest BCUT2D eigenvalue weighted by molar-refractivity contribution is 0.0212. The Kier molecular flexibility index (Phi) is 6.53. The highest BCUT2D eigenvalue weighted by Gasteiger charge is 2.25. The Hall–Kier alpha value is -0.120. The highest BCUT2D eigenvalue weighted by atomic mass is 16.3. The number of aliphatic hydroxyl groups is 3. The van der Waals surface area contributed by atoms with Gasteiger partial charge in [-0.15, -0.1) is 0 Å². The summed E-state index contributed by atoms with van der Waals surface area (Å²) in [6.07, 6.45) is 0.499. The summed E-state index contributed by atoms with van der Waals surface area (Å²) in [5.74, 6) is 0.174. The second kappa shape index (κ2) is 6.58. The minimum absolute atomic E-state index is 0.00963. The molecule has 0 heterocycles. The van der Waals surface area contributed by atoms with Crippen LogP contribution in [-0.2, 0) is 0 Å². The van der Waals surface area contributed by atoms with Crippen molar-refractivity contribution in [3.05, 3.63) is 0 Å². The predicted molar refractivity (Wildman–Crippen MR) is 66.1 cm³/mol. The Morgan fingerprint density at radius 3 is 1.88 bits per heavy atom. The second-order valence-electron chi connectivity index (χ2n) is 6.19. The van der Waals surface area contributed by atoms with E-state index in [0.717, 1.165) is 0 Å². The van der Waals surface area contributed by atoms with E-state index in [-0.39, 0.29) is 30.0 Å². The van der Waals surface area contributed by atoms with Crippen LogP contribution in [0.1, 0.15) is 47.5 Å². The highest BCUT2D eigenvalue weighted by molar-refractivity contribution is 4.76. The lowest BCUT2D eigenvalue weighted by atomic mass is 9.82. The second-order valence-corrected chi connectivity index (χ2v) is 6.19. The lowest BCUT2D eigenvalue weighted by Gasteiger charge is -2.29. The maximum atomic E-state index is 9.93. The summed E-state index contributed by atoms with van der Waals surface area (Å²) in [6, 6.07) is 0. The third-order valence-electron chi connectivity index (χ3n) is 3.21. The Morgan fingerprint density at radius 2 is 1.50 bits per heavy atom. The first kappa shape index (κ1) is 15.9. The van der Waals surface area contributed by atoms with Gasteiger partial charge in [-0.25, -0.2) is 0 Å². The van der Waals surface area contributed by atoms with E-state index < -0.39 is 6.10 Å². The summed E-state index contributed by atoms with van der Waals surface area (Å²) in [5, 5.41) is 28.6. The van der Waals surface area contributed by atoms with Gasteiger partial charge in [0.2, 0.25) is 0 Å². The first-order chi connectivity index (χ1) is 7.18. The van der Waals surface area contributed by atoms with Crippen molar-refractivity contribution in [1.29, 1.82) is 0 Å². The van der Waals surface area contributed by atoms with Crippen molar-refractivity contribution in [1.82, 2.24) is 0 Å². The molecule has 0 saturated carbocycles. The van der Waals surface area contributed by atoms with Crippen LogP contribution in [0.3, 0.4) is 0 Å². The van der Waals surface area contributed by atoms with E-state index in [1.165, 1.54) is 0 Å². The molecule has 0 aromatic heterocycles. The summed E-state index contributed by atoms with van der Waals surface area (Å²) >= 11 is 0. The van der Waals surface area contributed by atoms with Gasteiger partial charge in [-0.05, 0) is 24.2 Å².